The molecule has 0 aliphatic heterocycles. The molecule has 0 fully saturated rings. The molecule has 1 atom stereocenters. The molecule has 2 amide bonds. The highest BCUT2D eigenvalue weighted by atomic mass is 32.2. The lowest BCUT2D eigenvalue weighted by atomic mass is 10.1. The van der Waals surface area contributed by atoms with Crippen molar-refractivity contribution in [2.45, 2.75) is 37.7 Å². The van der Waals surface area contributed by atoms with Gasteiger partial charge in [0.15, 0.2) is 15.9 Å². The van der Waals surface area contributed by atoms with Crippen LogP contribution in [0, 0.1) is 5.41 Å². The Balaban J connectivity index is 1.76. The van der Waals surface area contributed by atoms with Gasteiger partial charge in [0.25, 0.3) is 5.91 Å². The Morgan fingerprint density at radius 1 is 1.03 bits per heavy atom. The fraction of sp³-hybridized carbons (Fsp3) is 0.250. The Morgan fingerprint density at radius 3 is 2.32 bits per heavy atom. The van der Waals surface area contributed by atoms with Gasteiger partial charge in [0.05, 0.1) is 4.90 Å². The third kappa shape index (κ3) is 6.98. The van der Waals surface area contributed by atoms with E-state index in [0.29, 0.717) is 41.0 Å². The van der Waals surface area contributed by atoms with Crippen LogP contribution in [0.4, 0.5) is 10.5 Å². The highest BCUT2D eigenvalue weighted by molar-refractivity contribution is 7.90. The lowest BCUT2D eigenvalue weighted by Crippen LogP contribution is -2.35. The molecule has 3 aromatic carbocycles. The zero-order chi connectivity index (χ0) is 27.9. The number of amidine groups is 1. The van der Waals surface area contributed by atoms with E-state index in [4.69, 9.17) is 10.1 Å². The van der Waals surface area contributed by atoms with E-state index in [2.05, 4.69) is 5.32 Å². The second kappa shape index (κ2) is 12.4. The molecular weight excluding hydrogens is 506 g/mol. The maximum atomic E-state index is 13.1. The van der Waals surface area contributed by atoms with Gasteiger partial charge in [-0.1, -0.05) is 55.8 Å². The van der Waals surface area contributed by atoms with Crippen LogP contribution in [0.1, 0.15) is 32.3 Å². The normalized spacial score (nSPS) is 11.9. The molecule has 0 heterocycles. The molecule has 1 unspecified atom stereocenters. The van der Waals surface area contributed by atoms with Crippen LogP contribution in [0.25, 0.3) is 11.1 Å². The van der Waals surface area contributed by atoms with E-state index in [9.17, 15) is 23.1 Å². The summed E-state index contributed by atoms with van der Waals surface area (Å²) in [4.78, 5) is 25.6. The number of sulfone groups is 1. The zero-order valence-corrected chi connectivity index (χ0v) is 22.3. The van der Waals surface area contributed by atoms with Crippen molar-refractivity contribution in [2.24, 2.45) is 0 Å². The zero-order valence-electron chi connectivity index (χ0n) is 21.5. The molecule has 10 heteroatoms. The van der Waals surface area contributed by atoms with Crippen LogP contribution in [-0.4, -0.2) is 55.2 Å². The molecule has 0 radical (unpaired) electrons. The minimum Gasteiger partial charge on any atom is -0.481 e. The van der Waals surface area contributed by atoms with Crippen molar-refractivity contribution in [3.05, 3.63) is 78.4 Å². The Hall–Kier alpha value is -4.18. The number of anilines is 1. The fourth-order valence-electron chi connectivity index (χ4n) is 3.92. The first-order valence-corrected chi connectivity index (χ1v) is 14.0. The molecule has 0 aliphatic rings. The van der Waals surface area contributed by atoms with Crippen molar-refractivity contribution in [1.82, 2.24) is 4.90 Å². The number of nitrogens with one attached hydrogen (secondary N) is 2. The van der Waals surface area contributed by atoms with Crippen LogP contribution < -0.4 is 10.1 Å². The molecular formula is C28H31N3O6S. The van der Waals surface area contributed by atoms with Crippen LogP contribution in [0.2, 0.25) is 0 Å². The summed E-state index contributed by atoms with van der Waals surface area (Å²) in [6.45, 7) is 3.69. The highest BCUT2D eigenvalue weighted by Gasteiger charge is 2.22. The van der Waals surface area contributed by atoms with E-state index >= 15 is 0 Å². The van der Waals surface area contributed by atoms with E-state index in [1.54, 1.807) is 73.7 Å². The summed E-state index contributed by atoms with van der Waals surface area (Å²) in [6.07, 6.45) is 0.231. The quantitative estimate of drug-likeness (QED) is 0.238. The van der Waals surface area contributed by atoms with Crippen LogP contribution in [0.15, 0.2) is 77.7 Å². The van der Waals surface area contributed by atoms with Crippen molar-refractivity contribution < 1.29 is 27.9 Å². The number of carbonyl (C=O) groups excluding carboxylic acids is 1. The van der Waals surface area contributed by atoms with E-state index in [-0.39, 0.29) is 23.2 Å². The van der Waals surface area contributed by atoms with Crippen molar-refractivity contribution in [2.75, 3.05) is 18.1 Å². The van der Waals surface area contributed by atoms with Crippen LogP contribution in [-0.2, 0) is 14.6 Å². The lowest BCUT2D eigenvalue weighted by Gasteiger charge is -2.21. The molecule has 0 aliphatic carbocycles. The smallest absolute Gasteiger partial charge is 0.413 e. The molecule has 0 spiro atoms. The van der Waals surface area contributed by atoms with Crippen LogP contribution in [0.3, 0.4) is 0 Å². The van der Waals surface area contributed by atoms with Gasteiger partial charge in [0.2, 0.25) is 0 Å². The lowest BCUT2D eigenvalue weighted by molar-refractivity contribution is -0.123. The fourth-order valence-corrected chi connectivity index (χ4v) is 4.83. The Bertz CT molecular complexity index is 1420. The Labute approximate surface area is 222 Å². The van der Waals surface area contributed by atoms with E-state index < -0.39 is 22.0 Å². The molecule has 38 heavy (non-hydrogen) atoms. The number of ether oxygens (including phenoxy) is 1. The first kappa shape index (κ1) is 28.4. The molecule has 9 nitrogen and oxygen atoms in total. The third-order valence-electron chi connectivity index (χ3n) is 5.80. The molecule has 3 rings (SSSR count). The van der Waals surface area contributed by atoms with Crippen molar-refractivity contribution in [3.63, 3.8) is 0 Å². The first-order valence-electron chi connectivity index (χ1n) is 12.1. The minimum absolute atomic E-state index is 0.124. The number of nitrogens with zero attached hydrogens (tertiary/aromatic N) is 1. The van der Waals surface area contributed by atoms with Gasteiger partial charge >= 0.3 is 6.09 Å². The summed E-state index contributed by atoms with van der Waals surface area (Å²) in [6, 6.07) is 20.1. The Morgan fingerprint density at radius 2 is 1.71 bits per heavy atom. The standard InChI is InChI=1S/C28H31N3O6S/c1-4-9-24(37-22-11-8-10-20(18-22)26(29)31(5-2)28(33)34)27(32)30-21-16-14-19(15-17-21)23-12-6-7-13-25(23)38(3,35)36/h6-8,10-18,24,29H,4-5,9H2,1-3H3,(H,30,32)(H,33,34). The van der Waals surface area contributed by atoms with Gasteiger partial charge in [-0.25, -0.2) is 13.2 Å². The van der Waals surface area contributed by atoms with Gasteiger partial charge in [0.1, 0.15) is 11.6 Å². The maximum Gasteiger partial charge on any atom is 0.413 e. The largest absolute Gasteiger partial charge is 0.481 e. The van der Waals surface area contributed by atoms with Crippen LogP contribution in [0.5, 0.6) is 5.75 Å². The van der Waals surface area contributed by atoms with Gasteiger partial charge in [-0.05, 0) is 49.2 Å². The molecule has 0 aromatic heterocycles. The molecule has 0 saturated heterocycles. The number of rotatable bonds is 10. The monoisotopic (exact) mass is 537 g/mol. The van der Waals surface area contributed by atoms with Crippen molar-refractivity contribution >= 4 is 33.4 Å². The summed E-state index contributed by atoms with van der Waals surface area (Å²) >= 11 is 0. The number of hydrogen-bond donors (Lipinski definition) is 3. The summed E-state index contributed by atoms with van der Waals surface area (Å²) in [7, 11) is -3.41. The molecule has 0 saturated carbocycles. The molecule has 3 N–H and O–H groups in total. The topological polar surface area (TPSA) is 137 Å². The van der Waals surface area contributed by atoms with Crippen LogP contribution >= 0.6 is 0 Å². The number of amides is 2. The average molecular weight is 538 g/mol. The van der Waals surface area contributed by atoms with Gasteiger partial charge in [-0.3, -0.25) is 15.1 Å². The second-order valence-electron chi connectivity index (χ2n) is 8.63. The minimum atomic E-state index is -3.41. The van der Waals surface area contributed by atoms with Gasteiger partial charge in [-0.2, -0.15) is 0 Å². The number of carboxylic acid groups (broad SMARTS) is 1. The molecule has 0 bridgehead atoms. The van der Waals surface area contributed by atoms with Crippen molar-refractivity contribution in [1.29, 1.82) is 5.41 Å². The van der Waals surface area contributed by atoms with E-state index in [1.807, 2.05) is 6.92 Å². The SMILES string of the molecule is CCCC(Oc1cccc(C(=N)N(CC)C(=O)O)c1)C(=O)Nc1ccc(-c2ccccc2S(C)(=O)=O)cc1. The van der Waals surface area contributed by atoms with Crippen molar-refractivity contribution in [3.8, 4) is 16.9 Å². The number of benzene rings is 3. The summed E-state index contributed by atoms with van der Waals surface area (Å²) in [5.74, 6) is -0.202. The predicted octanol–water partition coefficient (Wildman–Crippen LogP) is 5.27. The maximum absolute atomic E-state index is 13.1. The molecule has 3 aromatic rings. The predicted molar refractivity (Wildman–Crippen MR) is 147 cm³/mol. The third-order valence-corrected chi connectivity index (χ3v) is 6.95. The first-order chi connectivity index (χ1) is 18.0. The second-order valence-corrected chi connectivity index (χ2v) is 10.6. The van der Waals surface area contributed by atoms with E-state index in [1.165, 1.54) is 12.3 Å². The number of hydrogen-bond acceptors (Lipinski definition) is 6. The Kier molecular flexibility index (Phi) is 9.25. The van der Waals surface area contributed by atoms with E-state index in [0.717, 1.165) is 4.90 Å². The van der Waals surface area contributed by atoms with Gasteiger partial charge < -0.3 is 15.2 Å². The summed E-state index contributed by atoms with van der Waals surface area (Å²) < 4.78 is 30.3. The highest BCUT2D eigenvalue weighted by Crippen LogP contribution is 2.28. The molecule has 200 valence electrons. The average Bonchev–Trinajstić information content (AvgIpc) is 2.88. The van der Waals surface area contributed by atoms with Gasteiger partial charge in [-0.15, -0.1) is 0 Å². The van der Waals surface area contributed by atoms with Gasteiger partial charge in [0, 0.05) is 29.6 Å². The summed E-state index contributed by atoms with van der Waals surface area (Å²) in [5, 5.41) is 20.4. The summed E-state index contributed by atoms with van der Waals surface area (Å²) in [5.41, 5.74) is 2.16. The number of carbonyl (C=O) groups is 2.